The molecule has 1 aromatic heterocycles. The van der Waals surface area contributed by atoms with Gasteiger partial charge in [-0.1, -0.05) is 9.89 Å². The van der Waals surface area contributed by atoms with E-state index in [0.717, 1.165) is 4.79 Å². The van der Waals surface area contributed by atoms with Crippen molar-refractivity contribution in [3.8, 4) is 11.5 Å². The number of hydrogen-bond acceptors (Lipinski definition) is 9. The van der Waals surface area contributed by atoms with Crippen molar-refractivity contribution in [1.29, 1.82) is 0 Å². The van der Waals surface area contributed by atoms with Gasteiger partial charge < -0.3 is 15.2 Å². The summed E-state index contributed by atoms with van der Waals surface area (Å²) >= 11 is 0. The molecule has 0 atom stereocenters. The number of hydrogen-bond donors (Lipinski definition) is 1. The zero-order chi connectivity index (χ0) is 15.4. The molecule has 2 aromatic rings. The lowest BCUT2D eigenvalue weighted by Crippen LogP contribution is -2.02. The summed E-state index contributed by atoms with van der Waals surface area (Å²) in [6.45, 7) is 0. The van der Waals surface area contributed by atoms with Crippen molar-refractivity contribution in [3.63, 3.8) is 0 Å². The van der Waals surface area contributed by atoms with Crippen molar-refractivity contribution in [2.24, 2.45) is 5.10 Å². The first-order chi connectivity index (χ1) is 10.1. The highest BCUT2D eigenvalue weighted by atomic mass is 16.6. The fourth-order valence-electron chi connectivity index (χ4n) is 1.53. The fraction of sp³-hybridized carbons (Fsp3) is 0.200. The van der Waals surface area contributed by atoms with E-state index in [1.165, 1.54) is 32.6 Å². The largest absolute Gasteiger partial charge is 0.493 e. The Balaban J connectivity index is 2.48. The highest BCUT2D eigenvalue weighted by Crippen LogP contribution is 2.33. The van der Waals surface area contributed by atoms with Gasteiger partial charge in [0.05, 0.1) is 37.0 Å². The van der Waals surface area contributed by atoms with Crippen LogP contribution in [0.25, 0.3) is 0 Å². The van der Waals surface area contributed by atoms with Crippen LogP contribution in [0, 0.1) is 10.1 Å². The Kier molecular flexibility index (Phi) is 3.92. The molecule has 0 aliphatic carbocycles. The SMILES string of the molecule is COc1cc(/C=N\n2nnnc2N)c([N+](=O)[O-])cc1OC. The van der Waals surface area contributed by atoms with Crippen molar-refractivity contribution in [2.75, 3.05) is 20.0 Å². The molecule has 1 aromatic carbocycles. The van der Waals surface area contributed by atoms with Crippen LogP contribution in [0.4, 0.5) is 11.6 Å². The Morgan fingerprint density at radius 2 is 2.05 bits per heavy atom. The third-order valence-corrected chi connectivity index (χ3v) is 2.51. The van der Waals surface area contributed by atoms with Gasteiger partial charge >= 0.3 is 0 Å². The second-order valence-corrected chi connectivity index (χ2v) is 3.69. The van der Waals surface area contributed by atoms with Gasteiger partial charge in [-0.05, 0) is 16.5 Å². The lowest BCUT2D eigenvalue weighted by atomic mass is 10.1. The number of nitro benzene ring substituents is 1. The zero-order valence-electron chi connectivity index (χ0n) is 11.1. The molecule has 0 aliphatic rings. The Morgan fingerprint density at radius 3 is 2.57 bits per heavy atom. The molecule has 11 nitrogen and oxygen atoms in total. The van der Waals surface area contributed by atoms with Crippen LogP contribution < -0.4 is 15.2 Å². The third-order valence-electron chi connectivity index (χ3n) is 2.51. The number of nitro groups is 1. The molecule has 0 saturated heterocycles. The number of nitrogen functional groups attached to an aromatic ring is 1. The standard InChI is InChI=1S/C10H11N7O4/c1-20-8-3-6(5-12-16-10(11)13-14-15-16)7(17(18)19)4-9(8)21-2/h3-5H,1-2H3,(H2,11,13,15)/b12-5-. The summed E-state index contributed by atoms with van der Waals surface area (Å²) in [4.78, 5) is 11.5. The Labute approximate surface area is 118 Å². The van der Waals surface area contributed by atoms with E-state index in [9.17, 15) is 10.1 Å². The van der Waals surface area contributed by atoms with Gasteiger partial charge in [-0.15, -0.1) is 0 Å². The highest BCUT2D eigenvalue weighted by molar-refractivity contribution is 5.87. The molecule has 11 heteroatoms. The van der Waals surface area contributed by atoms with Gasteiger partial charge in [0, 0.05) is 0 Å². The van der Waals surface area contributed by atoms with E-state index in [-0.39, 0.29) is 22.9 Å². The van der Waals surface area contributed by atoms with Crippen LogP contribution in [-0.2, 0) is 0 Å². The molecule has 1 heterocycles. The fourth-order valence-corrected chi connectivity index (χ4v) is 1.53. The summed E-state index contributed by atoms with van der Waals surface area (Å²) in [5.74, 6) is 0.520. The normalized spacial score (nSPS) is 10.8. The summed E-state index contributed by atoms with van der Waals surface area (Å²) in [5, 5.41) is 25.2. The molecule has 0 unspecified atom stereocenters. The summed E-state index contributed by atoms with van der Waals surface area (Å²) in [6, 6.07) is 2.66. The van der Waals surface area contributed by atoms with Crippen LogP contribution in [0.5, 0.6) is 11.5 Å². The molecule has 2 rings (SSSR count). The second kappa shape index (κ2) is 5.81. The molecule has 0 bridgehead atoms. The Hall–Kier alpha value is -3.24. The van der Waals surface area contributed by atoms with Crippen LogP contribution in [-0.4, -0.2) is 45.7 Å². The maximum Gasteiger partial charge on any atom is 0.282 e. The maximum absolute atomic E-state index is 11.1. The van der Waals surface area contributed by atoms with Gasteiger partial charge in [0.2, 0.25) is 0 Å². The van der Waals surface area contributed by atoms with Crippen molar-refractivity contribution in [3.05, 3.63) is 27.8 Å². The number of tetrazole rings is 1. The summed E-state index contributed by atoms with van der Waals surface area (Å²) in [7, 11) is 2.81. The topological polar surface area (TPSA) is 144 Å². The first kappa shape index (κ1) is 14.2. The van der Waals surface area contributed by atoms with Crippen LogP contribution in [0.15, 0.2) is 17.2 Å². The van der Waals surface area contributed by atoms with Gasteiger partial charge in [-0.2, -0.15) is 5.10 Å². The van der Waals surface area contributed by atoms with Gasteiger partial charge in [0.15, 0.2) is 11.5 Å². The predicted octanol–water partition coefficient (Wildman–Crippen LogP) is 0.0629. The molecular formula is C10H11N7O4. The van der Waals surface area contributed by atoms with Crippen LogP contribution >= 0.6 is 0 Å². The van der Waals surface area contributed by atoms with E-state index in [1.54, 1.807) is 0 Å². The van der Waals surface area contributed by atoms with Crippen molar-refractivity contribution < 1.29 is 14.4 Å². The van der Waals surface area contributed by atoms with E-state index in [1.807, 2.05) is 0 Å². The monoisotopic (exact) mass is 293 g/mol. The number of nitrogens with two attached hydrogens (primary N) is 1. The van der Waals surface area contributed by atoms with E-state index in [0.29, 0.717) is 5.75 Å². The molecule has 0 aliphatic heterocycles. The quantitative estimate of drug-likeness (QED) is 0.463. The molecule has 0 amide bonds. The molecule has 21 heavy (non-hydrogen) atoms. The van der Waals surface area contributed by atoms with E-state index in [2.05, 4.69) is 20.6 Å². The lowest BCUT2D eigenvalue weighted by molar-refractivity contribution is -0.385. The van der Waals surface area contributed by atoms with E-state index < -0.39 is 4.92 Å². The van der Waals surface area contributed by atoms with Crippen molar-refractivity contribution in [1.82, 2.24) is 20.3 Å². The molecule has 0 spiro atoms. The number of methoxy groups -OCH3 is 2. The third kappa shape index (κ3) is 2.86. The molecule has 110 valence electrons. The maximum atomic E-state index is 11.1. The Bertz CT molecular complexity index is 697. The average molecular weight is 293 g/mol. The summed E-state index contributed by atoms with van der Waals surface area (Å²) in [5.41, 5.74) is 5.42. The smallest absolute Gasteiger partial charge is 0.282 e. The van der Waals surface area contributed by atoms with Gasteiger partial charge in [0.1, 0.15) is 0 Å². The number of nitrogens with zero attached hydrogens (tertiary/aromatic N) is 6. The first-order valence-electron chi connectivity index (χ1n) is 5.55. The molecule has 0 fully saturated rings. The lowest BCUT2D eigenvalue weighted by Gasteiger charge is -2.08. The number of benzene rings is 1. The molecular weight excluding hydrogens is 282 g/mol. The van der Waals surface area contributed by atoms with Gasteiger partial charge in [-0.3, -0.25) is 10.1 Å². The minimum atomic E-state index is -0.563. The second-order valence-electron chi connectivity index (χ2n) is 3.69. The Morgan fingerprint density at radius 1 is 1.38 bits per heavy atom. The van der Waals surface area contributed by atoms with Gasteiger partial charge in [0.25, 0.3) is 11.6 Å². The van der Waals surface area contributed by atoms with Crippen molar-refractivity contribution in [2.45, 2.75) is 0 Å². The predicted molar refractivity (Wildman–Crippen MR) is 71.4 cm³/mol. The molecule has 0 radical (unpaired) electrons. The number of anilines is 1. The van der Waals surface area contributed by atoms with E-state index in [4.69, 9.17) is 15.2 Å². The first-order valence-corrected chi connectivity index (χ1v) is 5.55. The van der Waals surface area contributed by atoms with Crippen LogP contribution in [0.2, 0.25) is 0 Å². The van der Waals surface area contributed by atoms with E-state index >= 15 is 0 Å². The summed E-state index contributed by atoms with van der Waals surface area (Å²) < 4.78 is 10.1. The zero-order valence-corrected chi connectivity index (χ0v) is 11.1. The van der Waals surface area contributed by atoms with Crippen LogP contribution in [0.3, 0.4) is 0 Å². The number of aromatic nitrogens is 4. The minimum absolute atomic E-state index is 0.0469. The average Bonchev–Trinajstić information content (AvgIpc) is 2.89. The highest BCUT2D eigenvalue weighted by Gasteiger charge is 2.18. The summed E-state index contributed by atoms with van der Waals surface area (Å²) in [6.07, 6.45) is 1.20. The number of rotatable bonds is 5. The van der Waals surface area contributed by atoms with Crippen LogP contribution in [0.1, 0.15) is 5.56 Å². The van der Waals surface area contributed by atoms with Crippen molar-refractivity contribution >= 4 is 17.9 Å². The molecule has 0 saturated carbocycles. The number of ether oxygens (including phenoxy) is 2. The van der Waals surface area contributed by atoms with Gasteiger partial charge in [-0.25, -0.2) is 0 Å². The molecule has 2 N–H and O–H groups in total. The minimum Gasteiger partial charge on any atom is -0.493 e.